The number of amides is 6. The van der Waals surface area contributed by atoms with Crippen molar-refractivity contribution in [1.82, 2.24) is 9.80 Å². The zero-order valence-corrected chi connectivity index (χ0v) is 51.9. The van der Waals surface area contributed by atoms with E-state index in [1.54, 1.807) is 75.6 Å². The molecule has 4 heterocycles. The fraction of sp³-hybridized carbons (Fsp3) is 0.639. The van der Waals surface area contributed by atoms with E-state index in [1.165, 1.54) is 28.4 Å². The van der Waals surface area contributed by atoms with Crippen molar-refractivity contribution in [1.29, 1.82) is 0 Å². The number of carbonyl (C=O) groups excluding carboxylic acids is 8. The fourth-order valence-electron chi connectivity index (χ4n) is 10.5. The molecule has 6 atom stereocenters. The smallest absolute Gasteiger partial charge is 0.312 e. The molecule has 0 N–H and O–H groups in total. The van der Waals surface area contributed by atoms with Crippen LogP contribution in [0.4, 0.5) is 11.4 Å². The summed E-state index contributed by atoms with van der Waals surface area (Å²) in [6.07, 6.45) is 8.21. The van der Waals surface area contributed by atoms with E-state index in [9.17, 15) is 38.4 Å². The highest BCUT2D eigenvalue weighted by Crippen LogP contribution is 2.46. The molecule has 4 fully saturated rings. The van der Waals surface area contributed by atoms with Gasteiger partial charge in [-0.15, -0.1) is 23.5 Å². The van der Waals surface area contributed by atoms with Crippen LogP contribution < -0.4 is 9.80 Å². The summed E-state index contributed by atoms with van der Waals surface area (Å²) in [4.78, 5) is 118. The van der Waals surface area contributed by atoms with E-state index in [4.69, 9.17) is 43.4 Å². The quantitative estimate of drug-likeness (QED) is 0.0356. The molecular formula is C61H84N4O12S4. The Bertz CT molecular complexity index is 2560. The molecule has 2 aromatic carbocycles. The number of benzene rings is 2. The second-order valence-corrected chi connectivity index (χ2v) is 27.3. The maximum absolute atomic E-state index is 15.0. The molecule has 6 unspecified atom stereocenters. The molecule has 4 aliphatic heterocycles. The Kier molecular flexibility index (Phi) is 24.9. The molecule has 16 nitrogen and oxygen atoms in total. The van der Waals surface area contributed by atoms with E-state index in [2.05, 4.69) is 13.8 Å². The molecule has 6 amide bonds. The number of hydrogen-bond acceptors (Lipinski definition) is 16. The second kappa shape index (κ2) is 30.8. The number of morpholine rings is 2. The number of carbonyl (C=O) groups is 8. The molecule has 0 aliphatic carbocycles. The molecule has 6 rings (SSSR count). The molecule has 20 heteroatoms. The van der Waals surface area contributed by atoms with Crippen molar-refractivity contribution in [2.24, 2.45) is 34.5 Å². The standard InChI is InChI=1S/C61H84N4O12S4/c1-9-11-17-49(78)80-47(55(69)62-27-33-74-34-28-62)38-45-40(3)52(66)64(53(45)67)43-23-19-41(20-24-43)37-42-21-25-44(26-22-42)65-54(68)46(39-48(81-50(79)18-12-10-2)56(70)63-29-35-75-36-30-63)51(57(65)71)61(7,8)59(73)77-32-16-14-13-15-31-76-58(72)60(4,5)6/h19-26,40,45-48,51H,9-18,27-39H2,1-8H3. The van der Waals surface area contributed by atoms with Crippen molar-refractivity contribution in [3.63, 3.8) is 0 Å². The predicted octanol–water partition coefficient (Wildman–Crippen LogP) is 9.96. The highest BCUT2D eigenvalue weighted by atomic mass is 32.2. The summed E-state index contributed by atoms with van der Waals surface area (Å²) in [7, 11) is 0. The number of esters is 2. The van der Waals surface area contributed by atoms with E-state index in [-0.39, 0.29) is 49.0 Å². The molecule has 4 saturated heterocycles. The van der Waals surface area contributed by atoms with Gasteiger partial charge in [-0.05, 0) is 141 Å². The lowest BCUT2D eigenvalue weighted by molar-refractivity contribution is -0.160. The maximum atomic E-state index is 15.0. The van der Waals surface area contributed by atoms with Gasteiger partial charge in [-0.3, -0.25) is 48.2 Å². The largest absolute Gasteiger partial charge is 0.465 e. The lowest BCUT2D eigenvalue weighted by Gasteiger charge is -2.34. The van der Waals surface area contributed by atoms with Gasteiger partial charge in [0.1, 0.15) is 0 Å². The van der Waals surface area contributed by atoms with E-state index in [1.807, 2.05) is 24.3 Å². The van der Waals surface area contributed by atoms with Gasteiger partial charge in [0.15, 0.2) is 0 Å². The van der Waals surface area contributed by atoms with Crippen molar-refractivity contribution in [3.05, 3.63) is 59.7 Å². The monoisotopic (exact) mass is 1190 g/mol. The van der Waals surface area contributed by atoms with Gasteiger partial charge in [0.05, 0.1) is 90.1 Å². The topological polar surface area (TPSA) is 186 Å². The maximum Gasteiger partial charge on any atom is 0.312 e. The average molecular weight is 1190 g/mol. The van der Waals surface area contributed by atoms with Gasteiger partial charge < -0.3 is 28.7 Å². The first-order chi connectivity index (χ1) is 38.6. The zero-order chi connectivity index (χ0) is 59.0. The molecule has 0 radical (unpaired) electrons. The van der Waals surface area contributed by atoms with E-state index in [0.29, 0.717) is 107 Å². The summed E-state index contributed by atoms with van der Waals surface area (Å²) < 4.78 is 23.6. The summed E-state index contributed by atoms with van der Waals surface area (Å²) in [6.45, 7) is 18.3. The van der Waals surface area contributed by atoms with Crippen LogP contribution >= 0.6 is 48.0 Å². The molecule has 0 bridgehead atoms. The zero-order valence-electron chi connectivity index (χ0n) is 48.7. The average Bonchev–Trinajstić information content (AvgIpc) is 2.94. The summed E-state index contributed by atoms with van der Waals surface area (Å²) in [5.74, 6) is -6.50. The van der Waals surface area contributed by atoms with Crippen LogP contribution in [-0.2, 0) is 63.7 Å². The van der Waals surface area contributed by atoms with Crippen LogP contribution in [-0.4, -0.2) is 142 Å². The lowest BCUT2D eigenvalue weighted by atomic mass is 9.71. The number of unbranched alkanes of at least 4 members (excludes halogenated alkanes) is 5. The molecule has 444 valence electrons. The number of ether oxygens (including phenoxy) is 4. The normalized spacial score (nSPS) is 20.6. The first kappa shape index (κ1) is 65.6. The second-order valence-electron chi connectivity index (χ2n) is 23.2. The Morgan fingerprint density at radius 1 is 0.580 bits per heavy atom. The van der Waals surface area contributed by atoms with Crippen LogP contribution in [0, 0.1) is 34.5 Å². The number of thioether (sulfide) groups is 2. The Labute approximate surface area is 498 Å². The summed E-state index contributed by atoms with van der Waals surface area (Å²) in [5.41, 5.74) is 0.431. The van der Waals surface area contributed by atoms with Crippen molar-refractivity contribution in [2.45, 2.75) is 149 Å². The first-order valence-electron chi connectivity index (χ1n) is 29.0. The number of nitrogens with zero attached hydrogens (tertiary/aromatic N) is 4. The summed E-state index contributed by atoms with van der Waals surface area (Å²) in [6, 6.07) is 14.3. The number of anilines is 2. The van der Waals surface area contributed by atoms with Crippen LogP contribution in [0.5, 0.6) is 0 Å². The number of rotatable bonds is 27. The molecule has 4 aliphatic rings. The molecule has 81 heavy (non-hydrogen) atoms. The number of hydrogen-bond donors (Lipinski definition) is 0. The summed E-state index contributed by atoms with van der Waals surface area (Å²) in [5, 5.41) is -1.39. The summed E-state index contributed by atoms with van der Waals surface area (Å²) >= 11 is 14.1. The first-order valence-corrected chi connectivity index (χ1v) is 31.6. The van der Waals surface area contributed by atoms with E-state index < -0.39 is 62.8 Å². The number of thiocarbonyl (C=S) groups is 2. The van der Waals surface area contributed by atoms with Crippen LogP contribution in [0.3, 0.4) is 0 Å². The van der Waals surface area contributed by atoms with Gasteiger partial charge in [-0.1, -0.05) is 82.3 Å². The molecule has 0 spiro atoms. The van der Waals surface area contributed by atoms with Crippen LogP contribution in [0.25, 0.3) is 0 Å². The highest BCUT2D eigenvalue weighted by Gasteiger charge is 2.58. The molecular weight excluding hydrogens is 1110 g/mol. The molecule has 0 saturated carbocycles. The van der Waals surface area contributed by atoms with E-state index >= 15 is 0 Å². The van der Waals surface area contributed by atoms with Crippen LogP contribution in [0.2, 0.25) is 0 Å². The third kappa shape index (κ3) is 17.5. The molecule has 2 aromatic rings. The van der Waals surface area contributed by atoms with Gasteiger partial charge in [0.2, 0.25) is 35.4 Å². The van der Waals surface area contributed by atoms with Crippen molar-refractivity contribution in [3.8, 4) is 0 Å². The van der Waals surface area contributed by atoms with Crippen molar-refractivity contribution in [2.75, 3.05) is 75.6 Å². The number of imide groups is 2. The van der Waals surface area contributed by atoms with Gasteiger partial charge in [0, 0.05) is 40.5 Å². The van der Waals surface area contributed by atoms with Crippen molar-refractivity contribution >= 4 is 115 Å². The van der Waals surface area contributed by atoms with Gasteiger partial charge >= 0.3 is 11.9 Å². The predicted molar refractivity (Wildman–Crippen MR) is 325 cm³/mol. The minimum Gasteiger partial charge on any atom is -0.465 e. The molecule has 0 aromatic heterocycles. The Morgan fingerprint density at radius 2 is 0.988 bits per heavy atom. The van der Waals surface area contributed by atoms with Gasteiger partial charge in [0.25, 0.3) is 0 Å². The van der Waals surface area contributed by atoms with Gasteiger partial charge in [-0.2, -0.15) is 0 Å². The van der Waals surface area contributed by atoms with Crippen LogP contribution in [0.15, 0.2) is 48.5 Å². The third-order valence-corrected chi connectivity index (χ3v) is 18.8. The SMILES string of the molecule is CCCCC(=S)SC(CC1C(=O)N(c2ccc(Cc3ccc(N4C(=O)C(CC(SC(=S)CCCC)C(=O)N5CCOCC5)C(C(C)(C)C(=O)OCCCCCCOC(=O)C(C)(C)C)C4=O)cc3)cc2)C(=O)C1C)C(=O)N1CCOCC1. The lowest BCUT2D eigenvalue weighted by Crippen LogP contribution is -2.47. The Morgan fingerprint density at radius 3 is 1.42 bits per heavy atom. The van der Waals surface area contributed by atoms with Crippen molar-refractivity contribution < 1.29 is 57.3 Å². The Hall–Kier alpha value is -4.60. The van der Waals surface area contributed by atoms with E-state index in [0.717, 1.165) is 58.7 Å². The minimum absolute atomic E-state index is 0.0282. The fourth-order valence-corrected chi connectivity index (χ4v) is 13.8. The highest BCUT2D eigenvalue weighted by molar-refractivity contribution is 8.24. The third-order valence-electron chi connectivity index (χ3n) is 15.5. The minimum atomic E-state index is -1.48. The Balaban J connectivity index is 1.16. The van der Waals surface area contributed by atoms with Gasteiger partial charge in [-0.25, -0.2) is 0 Å². The van der Waals surface area contributed by atoms with Crippen LogP contribution in [0.1, 0.15) is 144 Å².